The lowest BCUT2D eigenvalue weighted by Gasteiger charge is -2.17. The predicted octanol–water partition coefficient (Wildman–Crippen LogP) is 3.43. The van der Waals surface area contributed by atoms with Gasteiger partial charge in [-0.3, -0.25) is 4.98 Å². The Hall–Kier alpha value is -1.38. The first-order chi connectivity index (χ1) is 8.31. The van der Waals surface area contributed by atoms with Crippen LogP contribution in [0.2, 0.25) is 5.02 Å². The molecule has 0 aliphatic carbocycles. The second-order valence-electron chi connectivity index (χ2n) is 3.80. The highest BCUT2D eigenvalue weighted by Gasteiger charge is 2.13. The molecule has 1 aromatic carbocycles. The number of pyridine rings is 1. The lowest BCUT2D eigenvalue weighted by Crippen LogP contribution is -2.22. The molecule has 2 nitrogen and oxygen atoms in total. The normalized spacial score (nSPS) is 12.4. The fraction of sp³-hybridized carbons (Fsp3) is 0.214. The standard InChI is InChI=1S/C14H15ClN2/c1-2-16-14(13-5-3-4-10-17-13)11-6-8-12(15)9-7-11/h3-10,14,16H,2H2,1H3/t14-/m1/s1. The number of benzene rings is 1. The summed E-state index contributed by atoms with van der Waals surface area (Å²) in [6.07, 6.45) is 1.82. The molecule has 17 heavy (non-hydrogen) atoms. The van der Waals surface area contributed by atoms with Crippen molar-refractivity contribution in [2.45, 2.75) is 13.0 Å². The van der Waals surface area contributed by atoms with Crippen LogP contribution in [0.5, 0.6) is 0 Å². The highest BCUT2D eigenvalue weighted by Crippen LogP contribution is 2.21. The Balaban J connectivity index is 2.32. The number of aromatic nitrogens is 1. The predicted molar refractivity (Wildman–Crippen MR) is 71.2 cm³/mol. The van der Waals surface area contributed by atoms with Gasteiger partial charge in [-0.05, 0) is 36.4 Å². The quantitative estimate of drug-likeness (QED) is 0.894. The molecule has 2 aromatic rings. The van der Waals surface area contributed by atoms with E-state index in [1.807, 2.05) is 48.7 Å². The summed E-state index contributed by atoms with van der Waals surface area (Å²) < 4.78 is 0. The minimum absolute atomic E-state index is 0.124. The molecule has 0 amide bonds. The number of hydrogen-bond donors (Lipinski definition) is 1. The van der Waals surface area contributed by atoms with Crippen LogP contribution in [-0.4, -0.2) is 11.5 Å². The van der Waals surface area contributed by atoms with E-state index in [0.717, 1.165) is 17.3 Å². The first-order valence-corrected chi connectivity index (χ1v) is 6.09. The van der Waals surface area contributed by atoms with Gasteiger partial charge in [0.25, 0.3) is 0 Å². The molecule has 1 atom stereocenters. The van der Waals surface area contributed by atoms with Crippen LogP contribution < -0.4 is 5.32 Å². The zero-order valence-electron chi connectivity index (χ0n) is 9.73. The molecule has 0 saturated carbocycles. The molecule has 2 rings (SSSR count). The van der Waals surface area contributed by atoms with Crippen molar-refractivity contribution in [1.29, 1.82) is 0 Å². The lowest BCUT2D eigenvalue weighted by molar-refractivity contribution is 0.615. The van der Waals surface area contributed by atoms with E-state index in [4.69, 9.17) is 11.6 Å². The fourth-order valence-electron chi connectivity index (χ4n) is 1.80. The summed E-state index contributed by atoms with van der Waals surface area (Å²) in [6.45, 7) is 2.98. The molecule has 0 spiro atoms. The van der Waals surface area contributed by atoms with Crippen LogP contribution >= 0.6 is 11.6 Å². The van der Waals surface area contributed by atoms with Crippen molar-refractivity contribution < 1.29 is 0 Å². The maximum atomic E-state index is 5.90. The Bertz CT molecular complexity index is 453. The van der Waals surface area contributed by atoms with E-state index < -0.39 is 0 Å². The zero-order chi connectivity index (χ0) is 12.1. The van der Waals surface area contributed by atoms with E-state index >= 15 is 0 Å². The molecule has 0 unspecified atom stereocenters. The average molecular weight is 247 g/mol. The van der Waals surface area contributed by atoms with E-state index in [2.05, 4.69) is 17.2 Å². The van der Waals surface area contributed by atoms with Gasteiger partial charge in [-0.15, -0.1) is 0 Å². The van der Waals surface area contributed by atoms with Crippen LogP contribution in [0.25, 0.3) is 0 Å². The van der Waals surface area contributed by atoms with Crippen LogP contribution in [0.15, 0.2) is 48.7 Å². The molecule has 1 aromatic heterocycles. The lowest BCUT2D eigenvalue weighted by atomic mass is 10.0. The molecule has 0 aliphatic rings. The smallest absolute Gasteiger partial charge is 0.0751 e. The number of halogens is 1. The van der Waals surface area contributed by atoms with Gasteiger partial charge in [0, 0.05) is 11.2 Å². The second kappa shape index (κ2) is 5.80. The largest absolute Gasteiger partial charge is 0.305 e. The topological polar surface area (TPSA) is 24.9 Å². The molecule has 1 N–H and O–H groups in total. The van der Waals surface area contributed by atoms with Crippen molar-refractivity contribution in [2.75, 3.05) is 6.54 Å². The van der Waals surface area contributed by atoms with Gasteiger partial charge in [-0.2, -0.15) is 0 Å². The average Bonchev–Trinajstić information content (AvgIpc) is 2.38. The molecule has 0 bridgehead atoms. The molecule has 88 valence electrons. The number of nitrogens with zero attached hydrogens (tertiary/aromatic N) is 1. The third kappa shape index (κ3) is 3.05. The van der Waals surface area contributed by atoms with Gasteiger partial charge in [0.1, 0.15) is 0 Å². The van der Waals surface area contributed by atoms with Crippen molar-refractivity contribution in [2.24, 2.45) is 0 Å². The van der Waals surface area contributed by atoms with Crippen molar-refractivity contribution in [1.82, 2.24) is 10.3 Å². The Morgan fingerprint density at radius 1 is 1.18 bits per heavy atom. The fourth-order valence-corrected chi connectivity index (χ4v) is 1.93. The zero-order valence-corrected chi connectivity index (χ0v) is 10.5. The van der Waals surface area contributed by atoms with E-state index in [-0.39, 0.29) is 6.04 Å². The van der Waals surface area contributed by atoms with Crippen molar-refractivity contribution >= 4 is 11.6 Å². The van der Waals surface area contributed by atoms with Gasteiger partial charge in [-0.1, -0.05) is 36.7 Å². The Morgan fingerprint density at radius 3 is 2.53 bits per heavy atom. The third-order valence-electron chi connectivity index (χ3n) is 2.60. The van der Waals surface area contributed by atoms with Crippen LogP contribution in [-0.2, 0) is 0 Å². The minimum atomic E-state index is 0.124. The summed E-state index contributed by atoms with van der Waals surface area (Å²) >= 11 is 5.90. The molecule has 0 fully saturated rings. The summed E-state index contributed by atoms with van der Waals surface area (Å²) in [6, 6.07) is 14.0. The maximum Gasteiger partial charge on any atom is 0.0751 e. The minimum Gasteiger partial charge on any atom is -0.305 e. The summed E-state index contributed by atoms with van der Waals surface area (Å²) in [7, 11) is 0. The molecular formula is C14H15ClN2. The van der Waals surface area contributed by atoms with Crippen molar-refractivity contribution in [3.8, 4) is 0 Å². The third-order valence-corrected chi connectivity index (χ3v) is 2.85. The highest BCUT2D eigenvalue weighted by atomic mass is 35.5. The summed E-state index contributed by atoms with van der Waals surface area (Å²) in [4.78, 5) is 4.40. The van der Waals surface area contributed by atoms with Crippen LogP contribution in [0.1, 0.15) is 24.2 Å². The number of hydrogen-bond acceptors (Lipinski definition) is 2. The Morgan fingerprint density at radius 2 is 1.94 bits per heavy atom. The molecule has 1 heterocycles. The van der Waals surface area contributed by atoms with Gasteiger partial charge in [-0.25, -0.2) is 0 Å². The van der Waals surface area contributed by atoms with Crippen LogP contribution in [0.3, 0.4) is 0 Å². The van der Waals surface area contributed by atoms with Crippen molar-refractivity contribution in [3.05, 3.63) is 64.9 Å². The SMILES string of the molecule is CCN[C@H](c1ccc(Cl)cc1)c1ccccn1. The first-order valence-electron chi connectivity index (χ1n) is 5.71. The van der Waals surface area contributed by atoms with Crippen LogP contribution in [0.4, 0.5) is 0 Å². The molecule has 0 radical (unpaired) electrons. The summed E-state index contributed by atoms with van der Waals surface area (Å²) in [5.74, 6) is 0. The highest BCUT2D eigenvalue weighted by molar-refractivity contribution is 6.30. The summed E-state index contributed by atoms with van der Waals surface area (Å²) in [5, 5.41) is 4.18. The van der Waals surface area contributed by atoms with Gasteiger partial charge in [0.2, 0.25) is 0 Å². The monoisotopic (exact) mass is 246 g/mol. The van der Waals surface area contributed by atoms with Gasteiger partial charge in [0.05, 0.1) is 11.7 Å². The van der Waals surface area contributed by atoms with Gasteiger partial charge >= 0.3 is 0 Å². The van der Waals surface area contributed by atoms with E-state index in [1.165, 1.54) is 5.56 Å². The summed E-state index contributed by atoms with van der Waals surface area (Å²) in [5.41, 5.74) is 2.20. The second-order valence-corrected chi connectivity index (χ2v) is 4.23. The molecular weight excluding hydrogens is 232 g/mol. The number of nitrogens with one attached hydrogen (secondary N) is 1. The maximum absolute atomic E-state index is 5.90. The van der Waals surface area contributed by atoms with Crippen LogP contribution in [0, 0.1) is 0 Å². The van der Waals surface area contributed by atoms with E-state index in [1.54, 1.807) is 0 Å². The molecule has 3 heteroatoms. The van der Waals surface area contributed by atoms with Gasteiger partial charge < -0.3 is 5.32 Å². The molecule has 0 saturated heterocycles. The van der Waals surface area contributed by atoms with E-state index in [0.29, 0.717) is 0 Å². The van der Waals surface area contributed by atoms with Gasteiger partial charge in [0.15, 0.2) is 0 Å². The first kappa shape index (κ1) is 12.1. The Kier molecular flexibility index (Phi) is 4.13. The van der Waals surface area contributed by atoms with Crippen molar-refractivity contribution in [3.63, 3.8) is 0 Å². The Labute approximate surface area is 107 Å². The molecule has 0 aliphatic heterocycles. The van der Waals surface area contributed by atoms with E-state index in [9.17, 15) is 0 Å². The number of rotatable bonds is 4.